The first-order chi connectivity index (χ1) is 8.65. The Balaban J connectivity index is 3.22. The van der Waals surface area contributed by atoms with Crippen LogP contribution in [0.1, 0.15) is 36.7 Å². The molecule has 0 bridgehead atoms. The summed E-state index contributed by atoms with van der Waals surface area (Å²) in [6, 6.07) is 3.07. The lowest BCUT2D eigenvalue weighted by Gasteiger charge is -2.20. The quantitative estimate of drug-likeness (QED) is 0.553. The van der Waals surface area contributed by atoms with Gasteiger partial charge in [0.1, 0.15) is 5.60 Å². The average Bonchev–Trinajstić information content (AvgIpc) is 2.26. The molecule has 0 aliphatic heterocycles. The first kappa shape index (κ1) is 15.5. The number of carbonyl (C=O) groups is 1. The predicted molar refractivity (Wildman–Crippen MR) is 75.7 cm³/mol. The number of rotatable bonds is 3. The van der Waals surface area contributed by atoms with E-state index in [0.717, 1.165) is 0 Å². The number of anilines is 1. The van der Waals surface area contributed by atoms with Crippen LogP contribution in [0, 0.1) is 6.92 Å². The summed E-state index contributed by atoms with van der Waals surface area (Å²) in [4.78, 5) is 12.0. The van der Waals surface area contributed by atoms with Crippen LogP contribution in [0.25, 0.3) is 0 Å². The summed E-state index contributed by atoms with van der Waals surface area (Å²) < 4.78 is 5.27. The highest BCUT2D eigenvalue weighted by molar-refractivity contribution is 6.59. The van der Waals surface area contributed by atoms with Crippen LogP contribution < -0.4 is 10.8 Å². The molecule has 0 aliphatic carbocycles. The minimum atomic E-state index is -1.63. The zero-order valence-electron chi connectivity index (χ0n) is 11.9. The lowest BCUT2D eigenvalue weighted by atomic mass is 9.76. The maximum atomic E-state index is 12.0. The lowest BCUT2D eigenvalue weighted by Crippen LogP contribution is -2.34. The molecule has 0 radical (unpaired) electrons. The van der Waals surface area contributed by atoms with Crippen LogP contribution in [0.3, 0.4) is 0 Å². The van der Waals surface area contributed by atoms with Gasteiger partial charge in [0, 0.05) is 12.7 Å². The molecule has 0 spiro atoms. The fourth-order valence-electron chi connectivity index (χ4n) is 1.72. The van der Waals surface area contributed by atoms with Crippen LogP contribution in [0.5, 0.6) is 0 Å². The van der Waals surface area contributed by atoms with E-state index in [1.165, 1.54) is 6.07 Å². The number of carbonyl (C=O) groups excluding carboxylic acids is 1. The SMILES string of the molecule is CNc1cc(C(=O)OC(C)(C)C)cc(B(O)O)c1C. The van der Waals surface area contributed by atoms with Crippen molar-refractivity contribution >= 4 is 24.2 Å². The van der Waals surface area contributed by atoms with Crippen molar-refractivity contribution < 1.29 is 19.6 Å². The first-order valence-corrected chi connectivity index (χ1v) is 6.07. The minimum Gasteiger partial charge on any atom is -0.456 e. The number of hydrogen-bond acceptors (Lipinski definition) is 5. The van der Waals surface area contributed by atoms with Crippen LogP contribution in [-0.2, 0) is 4.74 Å². The Morgan fingerprint density at radius 2 is 1.89 bits per heavy atom. The fourth-order valence-corrected chi connectivity index (χ4v) is 1.72. The largest absolute Gasteiger partial charge is 0.488 e. The Hall–Kier alpha value is -1.53. The summed E-state index contributed by atoms with van der Waals surface area (Å²) in [5, 5.41) is 21.6. The Bertz CT molecular complexity index is 480. The molecule has 0 saturated heterocycles. The number of ether oxygens (including phenoxy) is 1. The molecular formula is C13H20BNO4. The van der Waals surface area contributed by atoms with Crippen LogP contribution >= 0.6 is 0 Å². The van der Waals surface area contributed by atoms with E-state index in [9.17, 15) is 14.8 Å². The maximum absolute atomic E-state index is 12.0. The van der Waals surface area contributed by atoms with Gasteiger partial charge < -0.3 is 20.1 Å². The number of benzene rings is 1. The molecule has 3 N–H and O–H groups in total. The second-order valence-corrected chi connectivity index (χ2v) is 5.36. The van der Waals surface area contributed by atoms with E-state index in [-0.39, 0.29) is 11.0 Å². The summed E-state index contributed by atoms with van der Waals surface area (Å²) in [5.41, 5.74) is 1.32. The fraction of sp³-hybridized carbons (Fsp3) is 0.462. The van der Waals surface area contributed by atoms with Crippen molar-refractivity contribution in [1.29, 1.82) is 0 Å². The van der Waals surface area contributed by atoms with Gasteiger partial charge in [-0.3, -0.25) is 0 Å². The Morgan fingerprint density at radius 1 is 1.32 bits per heavy atom. The van der Waals surface area contributed by atoms with Gasteiger partial charge in [0.15, 0.2) is 0 Å². The third-order valence-corrected chi connectivity index (χ3v) is 2.63. The van der Waals surface area contributed by atoms with Crippen molar-refractivity contribution in [3.05, 3.63) is 23.3 Å². The lowest BCUT2D eigenvalue weighted by molar-refractivity contribution is 0.00697. The highest BCUT2D eigenvalue weighted by atomic mass is 16.6. The average molecular weight is 265 g/mol. The monoisotopic (exact) mass is 265 g/mol. The summed E-state index contributed by atoms with van der Waals surface area (Å²) in [7, 11) is 0.0730. The number of esters is 1. The minimum absolute atomic E-state index is 0.285. The molecular weight excluding hydrogens is 245 g/mol. The van der Waals surface area contributed by atoms with Gasteiger partial charge in [0.2, 0.25) is 0 Å². The molecule has 0 aromatic heterocycles. The van der Waals surface area contributed by atoms with Gasteiger partial charge in [-0.1, -0.05) is 0 Å². The van der Waals surface area contributed by atoms with Crippen LogP contribution in [0.4, 0.5) is 5.69 Å². The van der Waals surface area contributed by atoms with E-state index in [0.29, 0.717) is 11.3 Å². The molecule has 19 heavy (non-hydrogen) atoms. The molecule has 0 saturated carbocycles. The third kappa shape index (κ3) is 3.97. The molecule has 0 atom stereocenters. The predicted octanol–water partition coefficient (Wildman–Crippen LogP) is 0.672. The Kier molecular flexibility index (Phi) is 4.60. The van der Waals surface area contributed by atoms with Crippen molar-refractivity contribution in [1.82, 2.24) is 0 Å². The number of nitrogens with one attached hydrogen (secondary N) is 1. The van der Waals surface area contributed by atoms with E-state index in [4.69, 9.17) is 4.74 Å². The van der Waals surface area contributed by atoms with Crippen LogP contribution in [-0.4, -0.2) is 35.8 Å². The molecule has 1 rings (SSSR count). The topological polar surface area (TPSA) is 78.8 Å². The second-order valence-electron chi connectivity index (χ2n) is 5.36. The van der Waals surface area contributed by atoms with E-state index in [1.54, 1.807) is 40.8 Å². The van der Waals surface area contributed by atoms with Gasteiger partial charge in [0.05, 0.1) is 5.56 Å². The van der Waals surface area contributed by atoms with Gasteiger partial charge in [-0.15, -0.1) is 0 Å². The molecule has 1 aromatic rings. The molecule has 104 valence electrons. The smallest absolute Gasteiger partial charge is 0.456 e. The summed E-state index contributed by atoms with van der Waals surface area (Å²) in [6.07, 6.45) is 0. The van der Waals surface area contributed by atoms with E-state index in [1.807, 2.05) is 0 Å². The number of hydrogen-bond donors (Lipinski definition) is 3. The summed E-state index contributed by atoms with van der Waals surface area (Å²) >= 11 is 0. The maximum Gasteiger partial charge on any atom is 0.488 e. The van der Waals surface area contributed by atoms with Gasteiger partial charge in [0.25, 0.3) is 0 Å². The zero-order chi connectivity index (χ0) is 14.8. The van der Waals surface area contributed by atoms with Crippen molar-refractivity contribution in [2.24, 2.45) is 0 Å². The van der Waals surface area contributed by atoms with Crippen LogP contribution in [0.2, 0.25) is 0 Å². The van der Waals surface area contributed by atoms with E-state index < -0.39 is 18.7 Å². The van der Waals surface area contributed by atoms with E-state index in [2.05, 4.69) is 5.32 Å². The molecule has 0 fully saturated rings. The van der Waals surface area contributed by atoms with Crippen LogP contribution in [0.15, 0.2) is 12.1 Å². The molecule has 0 heterocycles. The molecule has 0 unspecified atom stereocenters. The van der Waals surface area contributed by atoms with Gasteiger partial charge in [-0.2, -0.15) is 0 Å². The standard InChI is InChI=1S/C13H20BNO4/c1-8-10(14(17)18)6-9(7-11(8)15-5)12(16)19-13(2,3)4/h6-7,15,17-18H,1-5H3. The van der Waals surface area contributed by atoms with Crippen molar-refractivity contribution in [2.75, 3.05) is 12.4 Å². The first-order valence-electron chi connectivity index (χ1n) is 6.07. The molecule has 0 aliphatic rings. The zero-order valence-corrected chi connectivity index (χ0v) is 11.9. The Labute approximate surface area is 113 Å². The highest BCUT2D eigenvalue weighted by Crippen LogP contribution is 2.18. The van der Waals surface area contributed by atoms with Crippen molar-refractivity contribution in [2.45, 2.75) is 33.3 Å². The molecule has 5 nitrogen and oxygen atoms in total. The molecule has 0 amide bonds. The normalized spacial score (nSPS) is 11.1. The summed E-state index contributed by atoms with van der Waals surface area (Å²) in [5.74, 6) is -0.495. The van der Waals surface area contributed by atoms with Gasteiger partial charge in [-0.05, 0) is 50.9 Å². The third-order valence-electron chi connectivity index (χ3n) is 2.63. The van der Waals surface area contributed by atoms with Gasteiger partial charge >= 0.3 is 13.1 Å². The van der Waals surface area contributed by atoms with Crippen molar-refractivity contribution in [3.8, 4) is 0 Å². The molecule has 6 heteroatoms. The van der Waals surface area contributed by atoms with Gasteiger partial charge in [-0.25, -0.2) is 4.79 Å². The van der Waals surface area contributed by atoms with Crippen molar-refractivity contribution in [3.63, 3.8) is 0 Å². The highest BCUT2D eigenvalue weighted by Gasteiger charge is 2.23. The Morgan fingerprint density at radius 3 is 2.32 bits per heavy atom. The second kappa shape index (κ2) is 5.63. The summed E-state index contributed by atoms with van der Waals surface area (Å²) in [6.45, 7) is 7.08. The molecule has 1 aromatic carbocycles. The van der Waals surface area contributed by atoms with E-state index >= 15 is 0 Å².